The first-order valence-electron chi connectivity index (χ1n) is 7.01. The van der Waals surface area contributed by atoms with Crippen molar-refractivity contribution in [3.8, 4) is 0 Å². The summed E-state index contributed by atoms with van der Waals surface area (Å²) in [6.45, 7) is 5.35. The molecule has 0 radical (unpaired) electrons. The van der Waals surface area contributed by atoms with Gasteiger partial charge in [0.15, 0.2) is 0 Å². The summed E-state index contributed by atoms with van der Waals surface area (Å²) in [7, 11) is 0. The van der Waals surface area contributed by atoms with Gasteiger partial charge in [0.1, 0.15) is 0 Å². The fourth-order valence-electron chi connectivity index (χ4n) is 1.84. The molecule has 2 aromatic carbocycles. The Labute approximate surface area is 128 Å². The molecule has 0 aliphatic carbocycles. The molecule has 0 spiro atoms. The van der Waals surface area contributed by atoms with Crippen LogP contribution in [-0.4, -0.2) is 21.2 Å². The Morgan fingerprint density at radius 1 is 0.950 bits per heavy atom. The predicted octanol–water partition coefficient (Wildman–Crippen LogP) is 3.73. The molecule has 2 heteroatoms. The standard InChI is InChI=1S/C18H21NSe/c1-15(2)18(20-17-11-7-4-8-12-17)14-19-13-16-9-5-3-6-10-16/h3-12,14-15,18H,13H2,1-2H3. The first-order valence-corrected chi connectivity index (χ1v) is 8.86. The van der Waals surface area contributed by atoms with Gasteiger partial charge in [-0.2, -0.15) is 0 Å². The first kappa shape index (κ1) is 15.0. The van der Waals surface area contributed by atoms with E-state index in [9.17, 15) is 0 Å². The fraction of sp³-hybridized carbons (Fsp3) is 0.278. The van der Waals surface area contributed by atoms with Gasteiger partial charge >= 0.3 is 128 Å². The number of aliphatic imine (C=N–C) groups is 1. The Hall–Kier alpha value is -1.37. The number of benzene rings is 2. The van der Waals surface area contributed by atoms with Crippen molar-refractivity contribution in [1.29, 1.82) is 0 Å². The van der Waals surface area contributed by atoms with Gasteiger partial charge in [-0.25, -0.2) is 0 Å². The molecule has 1 unspecified atom stereocenters. The van der Waals surface area contributed by atoms with Crippen LogP contribution in [0.1, 0.15) is 19.4 Å². The van der Waals surface area contributed by atoms with Gasteiger partial charge < -0.3 is 0 Å². The molecule has 0 saturated heterocycles. The molecule has 0 N–H and O–H groups in total. The summed E-state index contributed by atoms with van der Waals surface area (Å²) in [6, 6.07) is 21.2. The van der Waals surface area contributed by atoms with E-state index in [4.69, 9.17) is 0 Å². The van der Waals surface area contributed by atoms with Gasteiger partial charge in [0.25, 0.3) is 0 Å². The number of hydrogen-bond acceptors (Lipinski definition) is 1. The van der Waals surface area contributed by atoms with Crippen LogP contribution < -0.4 is 4.46 Å². The van der Waals surface area contributed by atoms with Crippen LogP contribution in [0.5, 0.6) is 0 Å². The van der Waals surface area contributed by atoms with Gasteiger partial charge in [-0.15, -0.1) is 0 Å². The minimum absolute atomic E-state index is 0.454. The second-order valence-electron chi connectivity index (χ2n) is 5.11. The van der Waals surface area contributed by atoms with Gasteiger partial charge in [-0.05, 0) is 0 Å². The van der Waals surface area contributed by atoms with E-state index in [1.165, 1.54) is 10.0 Å². The molecule has 2 rings (SSSR count). The maximum absolute atomic E-state index is 4.65. The van der Waals surface area contributed by atoms with E-state index in [0.717, 1.165) is 6.54 Å². The summed E-state index contributed by atoms with van der Waals surface area (Å²) in [4.78, 5) is 5.21. The van der Waals surface area contributed by atoms with Gasteiger partial charge in [0.05, 0.1) is 0 Å². The molecule has 0 amide bonds. The Balaban J connectivity index is 1.95. The van der Waals surface area contributed by atoms with Crippen molar-refractivity contribution < 1.29 is 0 Å². The van der Waals surface area contributed by atoms with Crippen molar-refractivity contribution >= 4 is 25.6 Å². The maximum atomic E-state index is 4.65. The molecule has 0 bridgehead atoms. The molecular weight excluding hydrogens is 309 g/mol. The summed E-state index contributed by atoms with van der Waals surface area (Å²) in [5.74, 6) is 0.634. The van der Waals surface area contributed by atoms with Gasteiger partial charge in [-0.3, -0.25) is 0 Å². The quantitative estimate of drug-likeness (QED) is 0.565. The zero-order chi connectivity index (χ0) is 14.2. The molecule has 0 aliphatic heterocycles. The summed E-state index contributed by atoms with van der Waals surface area (Å²) in [5.41, 5.74) is 1.28. The van der Waals surface area contributed by atoms with E-state index in [1.54, 1.807) is 0 Å². The molecule has 0 aromatic heterocycles. The van der Waals surface area contributed by atoms with Crippen molar-refractivity contribution in [2.75, 3.05) is 0 Å². The zero-order valence-electron chi connectivity index (χ0n) is 12.1. The molecule has 1 atom stereocenters. The average Bonchev–Trinajstić information content (AvgIpc) is 2.48. The molecular formula is C18H21NSe. The van der Waals surface area contributed by atoms with Crippen molar-refractivity contribution in [2.24, 2.45) is 10.9 Å². The van der Waals surface area contributed by atoms with Crippen LogP contribution in [0.15, 0.2) is 65.7 Å². The van der Waals surface area contributed by atoms with Gasteiger partial charge in [-0.1, -0.05) is 0 Å². The second-order valence-corrected chi connectivity index (χ2v) is 7.74. The minimum atomic E-state index is 0.454. The molecule has 0 heterocycles. The van der Waals surface area contributed by atoms with Crippen molar-refractivity contribution in [1.82, 2.24) is 0 Å². The van der Waals surface area contributed by atoms with E-state index < -0.39 is 0 Å². The Morgan fingerprint density at radius 3 is 2.15 bits per heavy atom. The van der Waals surface area contributed by atoms with E-state index in [1.807, 2.05) is 6.07 Å². The van der Waals surface area contributed by atoms with Crippen LogP contribution in [0.4, 0.5) is 0 Å². The Morgan fingerprint density at radius 2 is 1.55 bits per heavy atom. The van der Waals surface area contributed by atoms with E-state index in [0.29, 0.717) is 25.7 Å². The normalized spacial score (nSPS) is 12.9. The van der Waals surface area contributed by atoms with Crippen molar-refractivity contribution in [3.05, 3.63) is 66.2 Å². The van der Waals surface area contributed by atoms with Crippen LogP contribution in [-0.2, 0) is 6.54 Å². The van der Waals surface area contributed by atoms with Crippen LogP contribution in [0.3, 0.4) is 0 Å². The number of rotatable bonds is 6. The van der Waals surface area contributed by atoms with E-state index in [2.05, 4.69) is 79.7 Å². The van der Waals surface area contributed by atoms with Gasteiger partial charge in [0.2, 0.25) is 0 Å². The summed E-state index contributed by atoms with van der Waals surface area (Å²) < 4.78 is 1.45. The average molecular weight is 330 g/mol. The molecule has 1 nitrogen and oxygen atoms in total. The monoisotopic (exact) mass is 331 g/mol. The topological polar surface area (TPSA) is 12.4 Å². The molecule has 2 aromatic rings. The first-order chi connectivity index (χ1) is 9.75. The molecule has 0 fully saturated rings. The number of nitrogens with zero attached hydrogens (tertiary/aromatic N) is 1. The van der Waals surface area contributed by atoms with E-state index >= 15 is 0 Å². The SMILES string of the molecule is CC(C)C(C=NCc1ccccc1)[Se]c1ccccc1. The van der Waals surface area contributed by atoms with E-state index in [-0.39, 0.29) is 0 Å². The van der Waals surface area contributed by atoms with Crippen LogP contribution in [0.25, 0.3) is 0 Å². The molecule has 0 saturated carbocycles. The Bertz CT molecular complexity index is 520. The van der Waals surface area contributed by atoms with Crippen LogP contribution >= 0.6 is 0 Å². The summed E-state index contributed by atoms with van der Waals surface area (Å²) in [5, 5.41) is 0. The van der Waals surface area contributed by atoms with Gasteiger partial charge in [0, 0.05) is 0 Å². The summed E-state index contributed by atoms with van der Waals surface area (Å²) >= 11 is 0.454. The summed E-state index contributed by atoms with van der Waals surface area (Å²) in [6.07, 6.45) is 2.17. The van der Waals surface area contributed by atoms with Crippen molar-refractivity contribution in [3.63, 3.8) is 0 Å². The molecule has 104 valence electrons. The zero-order valence-corrected chi connectivity index (χ0v) is 13.8. The molecule has 20 heavy (non-hydrogen) atoms. The van der Waals surface area contributed by atoms with Crippen LogP contribution in [0, 0.1) is 5.92 Å². The second kappa shape index (κ2) is 8.04. The third-order valence-corrected chi connectivity index (χ3v) is 6.15. The fourth-order valence-corrected chi connectivity index (χ4v) is 4.04. The number of hydrogen-bond donors (Lipinski definition) is 0. The predicted molar refractivity (Wildman–Crippen MR) is 89.1 cm³/mol. The van der Waals surface area contributed by atoms with Crippen LogP contribution in [0.2, 0.25) is 4.82 Å². The third kappa shape index (κ3) is 4.96. The third-order valence-electron chi connectivity index (χ3n) is 3.04. The Kier molecular flexibility index (Phi) is 6.04. The van der Waals surface area contributed by atoms with Crippen molar-refractivity contribution in [2.45, 2.75) is 25.2 Å². The molecule has 0 aliphatic rings.